The number of benzene rings is 1. The number of amides is 2. The average Bonchev–Trinajstić information content (AvgIpc) is 3.18. The standard InChI is InChI=1S/C50H94N4O2/c1-7-9-11-13-15-17-19-21-23-25-27-29-31-33-43-53(3,4)45-35-41-51-49(55)47-37-39-48(40-38-47)50(56)52-42-36-46-54(5,6)44-34-32-30-28-26-24-22-20-18-16-14-12-10-8-2/h37-40H,7-36,41-46H2,1-6H3/p+2. The van der Waals surface area contributed by atoms with E-state index in [1.165, 1.54) is 193 Å². The van der Waals surface area contributed by atoms with Crippen molar-refractivity contribution in [2.24, 2.45) is 0 Å². The first kappa shape index (κ1) is 52.1. The molecule has 0 unspecified atom stereocenters. The minimum absolute atomic E-state index is 0.0620. The van der Waals surface area contributed by atoms with Crippen LogP contribution in [0.4, 0.5) is 0 Å². The first-order valence-corrected chi connectivity index (χ1v) is 24.4. The molecule has 1 aromatic carbocycles. The smallest absolute Gasteiger partial charge is 0.251 e. The third-order valence-electron chi connectivity index (χ3n) is 12.1. The van der Waals surface area contributed by atoms with Crippen LogP contribution in [0.3, 0.4) is 0 Å². The quantitative estimate of drug-likeness (QED) is 0.0514. The van der Waals surface area contributed by atoms with Gasteiger partial charge in [-0.05, 0) is 49.9 Å². The van der Waals surface area contributed by atoms with Crippen LogP contribution in [0.5, 0.6) is 0 Å². The van der Waals surface area contributed by atoms with Crippen molar-refractivity contribution in [1.82, 2.24) is 10.6 Å². The van der Waals surface area contributed by atoms with Crippen molar-refractivity contribution in [2.45, 2.75) is 206 Å². The van der Waals surface area contributed by atoms with Gasteiger partial charge in [0.1, 0.15) is 0 Å². The Hall–Kier alpha value is -1.92. The Morgan fingerprint density at radius 1 is 0.357 bits per heavy atom. The molecule has 0 saturated heterocycles. The highest BCUT2D eigenvalue weighted by molar-refractivity contribution is 5.97. The first-order valence-electron chi connectivity index (χ1n) is 24.4. The molecule has 0 aliphatic carbocycles. The lowest BCUT2D eigenvalue weighted by atomic mass is 10.0. The molecule has 2 amide bonds. The molecule has 0 heterocycles. The summed E-state index contributed by atoms with van der Waals surface area (Å²) < 4.78 is 2.02. The van der Waals surface area contributed by atoms with E-state index in [1.54, 1.807) is 24.3 Å². The van der Waals surface area contributed by atoms with Crippen molar-refractivity contribution in [3.63, 3.8) is 0 Å². The number of quaternary nitrogens is 2. The van der Waals surface area contributed by atoms with Gasteiger partial charge in [-0.15, -0.1) is 0 Å². The number of carbonyl (C=O) groups excluding carboxylic acids is 2. The molecule has 0 saturated carbocycles. The predicted molar refractivity (Wildman–Crippen MR) is 245 cm³/mol. The third-order valence-corrected chi connectivity index (χ3v) is 12.1. The number of hydrogen-bond acceptors (Lipinski definition) is 2. The second-order valence-electron chi connectivity index (χ2n) is 18.8. The van der Waals surface area contributed by atoms with Gasteiger partial charge in [-0.3, -0.25) is 9.59 Å². The molecule has 0 bridgehead atoms. The van der Waals surface area contributed by atoms with Crippen LogP contribution in [0, 0.1) is 0 Å². The molecular weight excluding hydrogens is 689 g/mol. The summed E-state index contributed by atoms with van der Waals surface area (Å²) in [6.45, 7) is 10.5. The molecule has 0 aliphatic rings. The van der Waals surface area contributed by atoms with E-state index in [1.807, 2.05) is 0 Å². The molecule has 0 aromatic heterocycles. The maximum Gasteiger partial charge on any atom is 0.251 e. The summed E-state index contributed by atoms with van der Waals surface area (Å²) in [5.74, 6) is -0.124. The van der Waals surface area contributed by atoms with Crippen LogP contribution in [0.25, 0.3) is 0 Å². The van der Waals surface area contributed by atoms with E-state index in [9.17, 15) is 9.59 Å². The number of rotatable bonds is 40. The highest BCUT2D eigenvalue weighted by Gasteiger charge is 2.16. The molecule has 0 atom stereocenters. The predicted octanol–water partition coefficient (Wildman–Crippen LogP) is 13.0. The van der Waals surface area contributed by atoms with Gasteiger partial charge < -0.3 is 19.6 Å². The van der Waals surface area contributed by atoms with E-state index in [0.717, 1.165) is 34.9 Å². The van der Waals surface area contributed by atoms with E-state index in [4.69, 9.17) is 0 Å². The molecular formula is C50H96N4O2+2. The van der Waals surface area contributed by atoms with Crippen LogP contribution in [0.2, 0.25) is 0 Å². The summed E-state index contributed by atoms with van der Waals surface area (Å²) in [5.41, 5.74) is 1.22. The Kier molecular flexibility index (Phi) is 32.6. The van der Waals surface area contributed by atoms with E-state index in [-0.39, 0.29) is 11.8 Å². The summed E-state index contributed by atoms with van der Waals surface area (Å²) in [5, 5.41) is 6.17. The Bertz CT molecular complexity index is 971. The van der Waals surface area contributed by atoms with Crippen molar-refractivity contribution in [3.05, 3.63) is 35.4 Å². The van der Waals surface area contributed by atoms with Gasteiger partial charge in [0.2, 0.25) is 0 Å². The number of carbonyl (C=O) groups is 2. The molecule has 0 aliphatic heterocycles. The zero-order valence-corrected chi connectivity index (χ0v) is 38.5. The molecule has 0 spiro atoms. The van der Waals surface area contributed by atoms with Gasteiger partial charge in [-0.2, -0.15) is 0 Å². The Balaban J connectivity index is 2.07. The zero-order chi connectivity index (χ0) is 41.0. The highest BCUT2D eigenvalue weighted by Crippen LogP contribution is 2.16. The molecule has 56 heavy (non-hydrogen) atoms. The van der Waals surface area contributed by atoms with E-state index in [0.29, 0.717) is 24.2 Å². The molecule has 6 nitrogen and oxygen atoms in total. The normalized spacial score (nSPS) is 12.0. The van der Waals surface area contributed by atoms with Crippen molar-refractivity contribution in [3.8, 4) is 0 Å². The zero-order valence-electron chi connectivity index (χ0n) is 38.5. The van der Waals surface area contributed by atoms with Crippen LogP contribution in [-0.4, -0.2) is 88.2 Å². The topological polar surface area (TPSA) is 58.2 Å². The molecule has 1 aromatic rings. The summed E-state index contributed by atoms with van der Waals surface area (Å²) in [6.07, 6.45) is 41.0. The third kappa shape index (κ3) is 31.1. The van der Waals surface area contributed by atoms with Crippen LogP contribution in [-0.2, 0) is 0 Å². The second-order valence-corrected chi connectivity index (χ2v) is 18.8. The molecule has 0 radical (unpaired) electrons. The maximum absolute atomic E-state index is 12.8. The Morgan fingerprint density at radius 2 is 0.571 bits per heavy atom. The summed E-state index contributed by atoms with van der Waals surface area (Å²) in [7, 11) is 9.26. The Morgan fingerprint density at radius 3 is 0.821 bits per heavy atom. The van der Waals surface area contributed by atoms with Crippen LogP contribution < -0.4 is 10.6 Å². The van der Waals surface area contributed by atoms with Gasteiger partial charge in [0.15, 0.2) is 0 Å². The van der Waals surface area contributed by atoms with Crippen molar-refractivity contribution in [1.29, 1.82) is 0 Å². The lowest BCUT2D eigenvalue weighted by Gasteiger charge is -2.30. The minimum atomic E-state index is -0.0620. The lowest BCUT2D eigenvalue weighted by molar-refractivity contribution is -0.890. The first-order chi connectivity index (χ1) is 27.1. The van der Waals surface area contributed by atoms with Gasteiger partial charge >= 0.3 is 0 Å². The van der Waals surface area contributed by atoms with Gasteiger partial charge in [0.05, 0.1) is 54.4 Å². The van der Waals surface area contributed by atoms with Gasteiger partial charge in [0.25, 0.3) is 11.8 Å². The van der Waals surface area contributed by atoms with Crippen LogP contribution >= 0.6 is 0 Å². The Labute approximate surface area is 349 Å². The minimum Gasteiger partial charge on any atom is -0.352 e. The van der Waals surface area contributed by atoms with E-state index >= 15 is 0 Å². The SMILES string of the molecule is CCCCCCCCCCCCCCCC[N+](C)(C)CCCNC(=O)c1ccc(C(=O)NCCC[N+](C)(C)CCCCCCCCCCCCCCCC)cc1. The molecule has 1 rings (SSSR count). The number of nitrogens with zero attached hydrogens (tertiary/aromatic N) is 2. The molecule has 2 N–H and O–H groups in total. The van der Waals surface area contributed by atoms with Gasteiger partial charge in [-0.25, -0.2) is 0 Å². The van der Waals surface area contributed by atoms with Crippen molar-refractivity contribution < 1.29 is 18.6 Å². The molecule has 0 fully saturated rings. The fraction of sp³-hybridized carbons (Fsp3) is 0.840. The average molecular weight is 785 g/mol. The number of nitrogens with one attached hydrogen (secondary N) is 2. The summed E-state index contributed by atoms with van der Waals surface area (Å²) in [6, 6.07) is 7.10. The fourth-order valence-corrected chi connectivity index (χ4v) is 8.09. The van der Waals surface area contributed by atoms with Crippen molar-refractivity contribution >= 4 is 11.8 Å². The molecule has 326 valence electrons. The largest absolute Gasteiger partial charge is 0.352 e. The lowest BCUT2D eigenvalue weighted by Crippen LogP contribution is -2.42. The summed E-state index contributed by atoms with van der Waals surface area (Å²) >= 11 is 0. The molecule has 6 heteroatoms. The van der Waals surface area contributed by atoms with Gasteiger partial charge in [-0.1, -0.05) is 168 Å². The van der Waals surface area contributed by atoms with Crippen LogP contribution in [0.1, 0.15) is 227 Å². The van der Waals surface area contributed by atoms with Crippen LogP contribution in [0.15, 0.2) is 24.3 Å². The number of unbranched alkanes of at least 4 members (excludes halogenated alkanes) is 26. The fourth-order valence-electron chi connectivity index (χ4n) is 8.09. The monoisotopic (exact) mass is 785 g/mol. The van der Waals surface area contributed by atoms with E-state index < -0.39 is 0 Å². The second kappa shape index (κ2) is 35.1. The number of hydrogen-bond donors (Lipinski definition) is 2. The van der Waals surface area contributed by atoms with Crippen molar-refractivity contribution in [2.75, 3.05) is 67.5 Å². The van der Waals surface area contributed by atoms with E-state index in [2.05, 4.69) is 52.7 Å². The maximum atomic E-state index is 12.8. The highest BCUT2D eigenvalue weighted by atomic mass is 16.2. The summed E-state index contributed by atoms with van der Waals surface area (Å²) in [4.78, 5) is 25.5. The van der Waals surface area contributed by atoms with Gasteiger partial charge in [0, 0.05) is 37.1 Å².